The summed E-state index contributed by atoms with van der Waals surface area (Å²) in [4.78, 5) is 4.33. The summed E-state index contributed by atoms with van der Waals surface area (Å²) in [7, 11) is 1.98. The molecule has 1 atom stereocenters. The maximum absolute atomic E-state index is 4.41. The van der Waals surface area contributed by atoms with Crippen LogP contribution in [0.3, 0.4) is 0 Å². The first-order valence-electron chi connectivity index (χ1n) is 6.22. The van der Waals surface area contributed by atoms with Gasteiger partial charge in [-0.1, -0.05) is 29.8 Å². The van der Waals surface area contributed by atoms with Crippen molar-refractivity contribution in [2.24, 2.45) is 0 Å². The third kappa shape index (κ3) is 2.76. The lowest BCUT2D eigenvalue weighted by Crippen LogP contribution is -2.23. The third-order valence-electron chi connectivity index (χ3n) is 3.11. The molecule has 1 heterocycles. The highest BCUT2D eigenvalue weighted by Gasteiger charge is 2.12. The topological polar surface area (TPSA) is 42.7 Å². The molecule has 0 fully saturated rings. The number of nitrogens with zero attached hydrogens (tertiary/aromatic N) is 3. The van der Waals surface area contributed by atoms with Gasteiger partial charge in [-0.25, -0.2) is 9.67 Å². The molecule has 4 nitrogen and oxygen atoms in total. The van der Waals surface area contributed by atoms with Crippen LogP contribution in [0, 0.1) is 20.8 Å². The molecule has 96 valence electrons. The molecule has 0 saturated carbocycles. The molecule has 1 aromatic carbocycles. The molecule has 0 aliphatic carbocycles. The fourth-order valence-electron chi connectivity index (χ4n) is 2.16. The van der Waals surface area contributed by atoms with Gasteiger partial charge < -0.3 is 5.32 Å². The van der Waals surface area contributed by atoms with E-state index in [1.807, 2.05) is 25.6 Å². The largest absolute Gasteiger partial charge is 0.311 e. The number of rotatable bonds is 4. The Labute approximate surface area is 108 Å². The minimum Gasteiger partial charge on any atom is -0.311 e. The van der Waals surface area contributed by atoms with E-state index in [0.29, 0.717) is 0 Å². The van der Waals surface area contributed by atoms with Gasteiger partial charge in [0.1, 0.15) is 11.6 Å². The first-order chi connectivity index (χ1) is 8.60. The zero-order valence-corrected chi connectivity index (χ0v) is 11.4. The summed E-state index contributed by atoms with van der Waals surface area (Å²) in [5.41, 5.74) is 2.56. The summed E-state index contributed by atoms with van der Waals surface area (Å²) in [6.07, 6.45) is 0. The van der Waals surface area contributed by atoms with Gasteiger partial charge in [0.15, 0.2) is 0 Å². The molecule has 0 bridgehead atoms. The Morgan fingerprint density at radius 1 is 1.28 bits per heavy atom. The lowest BCUT2D eigenvalue weighted by molar-refractivity contribution is 0.458. The fourth-order valence-corrected chi connectivity index (χ4v) is 2.16. The van der Waals surface area contributed by atoms with Crippen LogP contribution in [0.5, 0.6) is 0 Å². The lowest BCUT2D eigenvalue weighted by atomic mass is 10.0. The second-order valence-electron chi connectivity index (χ2n) is 4.64. The minimum atomic E-state index is 0.254. The molecule has 0 spiro atoms. The van der Waals surface area contributed by atoms with Gasteiger partial charge in [-0.05, 0) is 33.4 Å². The van der Waals surface area contributed by atoms with E-state index in [-0.39, 0.29) is 6.04 Å². The molecule has 18 heavy (non-hydrogen) atoms. The maximum Gasteiger partial charge on any atom is 0.147 e. The molecule has 1 N–H and O–H groups in total. The molecule has 0 amide bonds. The molecule has 0 saturated heterocycles. The van der Waals surface area contributed by atoms with E-state index in [1.165, 1.54) is 11.1 Å². The highest BCUT2D eigenvalue weighted by atomic mass is 15.3. The van der Waals surface area contributed by atoms with Gasteiger partial charge in [-0.2, -0.15) is 5.10 Å². The Balaban J connectivity index is 2.22. The summed E-state index contributed by atoms with van der Waals surface area (Å²) in [5, 5.41) is 7.75. The number of hydrogen-bond donors (Lipinski definition) is 1. The Kier molecular flexibility index (Phi) is 3.77. The van der Waals surface area contributed by atoms with Crippen molar-refractivity contribution >= 4 is 0 Å². The van der Waals surface area contributed by atoms with Crippen LogP contribution in [0.25, 0.3) is 0 Å². The summed E-state index contributed by atoms with van der Waals surface area (Å²) < 4.78 is 1.96. The zero-order chi connectivity index (χ0) is 13.1. The van der Waals surface area contributed by atoms with E-state index in [4.69, 9.17) is 0 Å². The van der Waals surface area contributed by atoms with Crippen LogP contribution in [-0.2, 0) is 6.54 Å². The third-order valence-corrected chi connectivity index (χ3v) is 3.11. The predicted octanol–water partition coefficient (Wildman–Crippen LogP) is 2.16. The Morgan fingerprint density at radius 3 is 2.61 bits per heavy atom. The average Bonchev–Trinajstić information content (AvgIpc) is 2.64. The van der Waals surface area contributed by atoms with E-state index < -0.39 is 0 Å². The first-order valence-corrected chi connectivity index (χ1v) is 6.22. The molecule has 4 heteroatoms. The number of likely N-dealkylation sites (N-methyl/N-ethyl adjacent to an activating group) is 1. The number of benzene rings is 1. The van der Waals surface area contributed by atoms with E-state index in [0.717, 1.165) is 18.2 Å². The van der Waals surface area contributed by atoms with E-state index in [9.17, 15) is 0 Å². The van der Waals surface area contributed by atoms with Crippen LogP contribution >= 0.6 is 0 Å². The summed E-state index contributed by atoms with van der Waals surface area (Å²) in [6, 6.07) is 8.81. The number of nitrogens with one attached hydrogen (secondary N) is 1. The lowest BCUT2D eigenvalue weighted by Gasteiger charge is -2.17. The summed E-state index contributed by atoms with van der Waals surface area (Å²) in [6.45, 7) is 6.82. The number of aromatic nitrogens is 3. The molecular formula is C14H20N4. The van der Waals surface area contributed by atoms with Crippen molar-refractivity contribution in [1.82, 2.24) is 20.1 Å². The van der Waals surface area contributed by atoms with Gasteiger partial charge in [0.2, 0.25) is 0 Å². The fraction of sp³-hybridized carbons (Fsp3) is 0.429. The van der Waals surface area contributed by atoms with Gasteiger partial charge in [-0.3, -0.25) is 0 Å². The quantitative estimate of drug-likeness (QED) is 0.896. The second-order valence-corrected chi connectivity index (χ2v) is 4.64. The van der Waals surface area contributed by atoms with E-state index in [2.05, 4.69) is 46.6 Å². The Hall–Kier alpha value is -1.68. The predicted molar refractivity (Wildman–Crippen MR) is 72.5 cm³/mol. The van der Waals surface area contributed by atoms with Crippen LogP contribution in [0.4, 0.5) is 0 Å². The van der Waals surface area contributed by atoms with Crippen molar-refractivity contribution in [3.8, 4) is 0 Å². The molecule has 0 aliphatic rings. The van der Waals surface area contributed by atoms with Crippen LogP contribution in [0.15, 0.2) is 24.3 Å². The first kappa shape index (κ1) is 12.8. The Morgan fingerprint density at radius 2 is 2.06 bits per heavy atom. The van der Waals surface area contributed by atoms with E-state index >= 15 is 0 Å². The molecule has 2 aromatic rings. The van der Waals surface area contributed by atoms with Crippen molar-refractivity contribution in [2.75, 3.05) is 7.05 Å². The standard InChI is InChI=1S/C14H20N4/c1-10-6-5-7-13(8-10)14(15-4)9-18-12(3)16-11(2)17-18/h5-8,14-15H,9H2,1-4H3. The molecule has 1 unspecified atom stereocenters. The molecule has 0 radical (unpaired) electrons. The van der Waals surface area contributed by atoms with Crippen molar-refractivity contribution in [1.29, 1.82) is 0 Å². The number of aryl methyl sites for hydroxylation is 3. The highest BCUT2D eigenvalue weighted by molar-refractivity contribution is 5.25. The average molecular weight is 244 g/mol. The van der Waals surface area contributed by atoms with Gasteiger partial charge in [0.25, 0.3) is 0 Å². The second kappa shape index (κ2) is 5.31. The van der Waals surface area contributed by atoms with Gasteiger partial charge in [0.05, 0.1) is 12.6 Å². The van der Waals surface area contributed by atoms with E-state index in [1.54, 1.807) is 0 Å². The zero-order valence-electron chi connectivity index (χ0n) is 11.4. The van der Waals surface area contributed by atoms with Crippen molar-refractivity contribution in [3.63, 3.8) is 0 Å². The van der Waals surface area contributed by atoms with Crippen molar-refractivity contribution < 1.29 is 0 Å². The van der Waals surface area contributed by atoms with Crippen LogP contribution < -0.4 is 5.32 Å². The molecule has 2 rings (SSSR count). The van der Waals surface area contributed by atoms with Crippen LogP contribution in [0.1, 0.15) is 28.8 Å². The number of hydrogen-bond acceptors (Lipinski definition) is 3. The molecular weight excluding hydrogens is 224 g/mol. The van der Waals surface area contributed by atoms with Gasteiger partial charge in [0, 0.05) is 0 Å². The van der Waals surface area contributed by atoms with Crippen LogP contribution in [-0.4, -0.2) is 21.8 Å². The highest BCUT2D eigenvalue weighted by Crippen LogP contribution is 2.16. The Bertz CT molecular complexity index is 530. The van der Waals surface area contributed by atoms with Crippen molar-refractivity contribution in [3.05, 3.63) is 47.0 Å². The maximum atomic E-state index is 4.41. The SMILES string of the molecule is CNC(Cn1nc(C)nc1C)c1cccc(C)c1. The smallest absolute Gasteiger partial charge is 0.147 e. The summed E-state index contributed by atoms with van der Waals surface area (Å²) >= 11 is 0. The molecule has 1 aromatic heterocycles. The van der Waals surface area contributed by atoms with Crippen LogP contribution in [0.2, 0.25) is 0 Å². The van der Waals surface area contributed by atoms with Gasteiger partial charge in [-0.15, -0.1) is 0 Å². The minimum absolute atomic E-state index is 0.254. The normalized spacial score (nSPS) is 12.7. The van der Waals surface area contributed by atoms with Crippen molar-refractivity contribution in [2.45, 2.75) is 33.4 Å². The molecule has 0 aliphatic heterocycles. The van der Waals surface area contributed by atoms with Gasteiger partial charge >= 0.3 is 0 Å². The summed E-state index contributed by atoms with van der Waals surface area (Å²) in [5.74, 6) is 1.78. The monoisotopic (exact) mass is 244 g/mol.